The molecule has 1 aliphatic carbocycles. The first-order chi connectivity index (χ1) is 8.65. The average molecular weight is 254 g/mol. The lowest BCUT2D eigenvalue weighted by Crippen LogP contribution is -2.44. The van der Waals surface area contributed by atoms with E-state index in [2.05, 4.69) is 17.1 Å². The highest BCUT2D eigenvalue weighted by Crippen LogP contribution is 2.18. The topological polar surface area (TPSA) is 52.6 Å². The Morgan fingerprint density at radius 1 is 1.33 bits per heavy atom. The summed E-state index contributed by atoms with van der Waals surface area (Å²) in [6, 6.07) is 0.421. The van der Waals surface area contributed by atoms with Crippen LogP contribution in [-0.2, 0) is 4.79 Å². The highest BCUT2D eigenvalue weighted by atomic mass is 16.3. The SMILES string of the molecule is CC1CCN(CCC(=O)NC2CCCC2)CC1O. The molecule has 1 aliphatic heterocycles. The number of amides is 1. The number of nitrogens with one attached hydrogen (secondary N) is 1. The maximum Gasteiger partial charge on any atom is 0.221 e. The Kier molecular flexibility index (Phi) is 5.01. The number of hydrogen-bond acceptors (Lipinski definition) is 3. The van der Waals surface area contributed by atoms with Gasteiger partial charge >= 0.3 is 0 Å². The van der Waals surface area contributed by atoms with Gasteiger partial charge in [0.25, 0.3) is 0 Å². The van der Waals surface area contributed by atoms with Gasteiger partial charge in [-0.2, -0.15) is 0 Å². The summed E-state index contributed by atoms with van der Waals surface area (Å²) < 4.78 is 0. The van der Waals surface area contributed by atoms with E-state index < -0.39 is 0 Å². The highest BCUT2D eigenvalue weighted by Gasteiger charge is 2.24. The third-order valence-electron chi connectivity index (χ3n) is 4.38. The van der Waals surface area contributed by atoms with Gasteiger partial charge in [0.05, 0.1) is 6.10 Å². The summed E-state index contributed by atoms with van der Waals surface area (Å²) in [5.74, 6) is 0.573. The van der Waals surface area contributed by atoms with Crippen molar-refractivity contribution in [2.45, 2.75) is 57.6 Å². The van der Waals surface area contributed by atoms with Crippen LogP contribution in [-0.4, -0.2) is 47.7 Å². The molecule has 0 aromatic rings. The Balaban J connectivity index is 1.63. The van der Waals surface area contributed by atoms with E-state index in [1.807, 2.05) is 0 Å². The van der Waals surface area contributed by atoms with Gasteiger partial charge in [0, 0.05) is 25.6 Å². The first kappa shape index (κ1) is 13.8. The van der Waals surface area contributed by atoms with Crippen LogP contribution >= 0.6 is 0 Å². The zero-order valence-corrected chi connectivity index (χ0v) is 11.4. The molecule has 18 heavy (non-hydrogen) atoms. The van der Waals surface area contributed by atoms with E-state index in [0.29, 0.717) is 18.4 Å². The van der Waals surface area contributed by atoms with Crippen LogP contribution in [0, 0.1) is 5.92 Å². The Morgan fingerprint density at radius 3 is 2.72 bits per heavy atom. The molecular formula is C14H26N2O2. The number of nitrogens with zero attached hydrogens (tertiary/aromatic N) is 1. The molecule has 2 N–H and O–H groups in total. The minimum atomic E-state index is -0.225. The summed E-state index contributed by atoms with van der Waals surface area (Å²) in [6.45, 7) is 4.60. The second-order valence-corrected chi connectivity index (χ2v) is 5.93. The minimum Gasteiger partial charge on any atom is -0.392 e. The molecule has 1 heterocycles. The zero-order valence-electron chi connectivity index (χ0n) is 11.4. The molecule has 4 heteroatoms. The van der Waals surface area contributed by atoms with Crippen molar-refractivity contribution in [3.63, 3.8) is 0 Å². The molecule has 2 aliphatic rings. The number of carbonyl (C=O) groups excluding carboxylic acids is 1. The van der Waals surface area contributed by atoms with Crippen LogP contribution in [0.3, 0.4) is 0 Å². The van der Waals surface area contributed by atoms with E-state index in [-0.39, 0.29) is 12.0 Å². The zero-order chi connectivity index (χ0) is 13.0. The highest BCUT2D eigenvalue weighted by molar-refractivity contribution is 5.76. The molecule has 2 fully saturated rings. The maximum absolute atomic E-state index is 11.8. The Bertz CT molecular complexity index is 277. The minimum absolute atomic E-state index is 0.176. The van der Waals surface area contributed by atoms with Crippen molar-refractivity contribution in [2.75, 3.05) is 19.6 Å². The van der Waals surface area contributed by atoms with E-state index in [0.717, 1.165) is 38.9 Å². The second-order valence-electron chi connectivity index (χ2n) is 5.93. The van der Waals surface area contributed by atoms with E-state index in [1.54, 1.807) is 0 Å². The Hall–Kier alpha value is -0.610. The van der Waals surface area contributed by atoms with E-state index in [9.17, 15) is 9.90 Å². The van der Waals surface area contributed by atoms with Crippen molar-refractivity contribution in [1.29, 1.82) is 0 Å². The molecule has 2 atom stereocenters. The summed E-state index contributed by atoms with van der Waals surface area (Å²) in [6.07, 6.45) is 6.17. The molecular weight excluding hydrogens is 228 g/mol. The molecule has 0 spiro atoms. The van der Waals surface area contributed by atoms with Crippen molar-refractivity contribution in [3.8, 4) is 0 Å². The van der Waals surface area contributed by atoms with Crippen LogP contribution in [0.15, 0.2) is 0 Å². The lowest BCUT2D eigenvalue weighted by Gasteiger charge is -2.34. The van der Waals surface area contributed by atoms with Crippen LogP contribution in [0.25, 0.3) is 0 Å². The third kappa shape index (κ3) is 3.95. The molecule has 1 saturated carbocycles. The van der Waals surface area contributed by atoms with Crippen molar-refractivity contribution >= 4 is 5.91 Å². The molecule has 1 saturated heterocycles. The Labute approximate surface area is 110 Å². The van der Waals surface area contributed by atoms with Crippen LogP contribution in [0.5, 0.6) is 0 Å². The van der Waals surface area contributed by atoms with Gasteiger partial charge in [-0.1, -0.05) is 19.8 Å². The smallest absolute Gasteiger partial charge is 0.221 e. The number of aliphatic hydroxyl groups excluding tert-OH is 1. The van der Waals surface area contributed by atoms with Crippen LogP contribution in [0.1, 0.15) is 45.4 Å². The van der Waals surface area contributed by atoms with Gasteiger partial charge in [0.2, 0.25) is 5.91 Å². The van der Waals surface area contributed by atoms with Gasteiger partial charge in [-0.3, -0.25) is 4.79 Å². The Morgan fingerprint density at radius 2 is 2.06 bits per heavy atom. The second kappa shape index (κ2) is 6.53. The number of piperidine rings is 1. The molecule has 0 bridgehead atoms. The van der Waals surface area contributed by atoms with Gasteiger partial charge in [-0.05, 0) is 31.7 Å². The number of carbonyl (C=O) groups is 1. The monoisotopic (exact) mass is 254 g/mol. The molecule has 0 radical (unpaired) electrons. The number of β-amino-alcohol motifs (C(OH)–C–C–N with tert-alkyl or cyclic N) is 1. The summed E-state index contributed by atoms with van der Waals surface area (Å²) in [5, 5.41) is 12.9. The lowest BCUT2D eigenvalue weighted by atomic mass is 9.96. The predicted octanol–water partition coefficient (Wildman–Crippen LogP) is 1.14. The fourth-order valence-corrected chi connectivity index (χ4v) is 2.95. The van der Waals surface area contributed by atoms with Gasteiger partial charge in [-0.25, -0.2) is 0 Å². The summed E-state index contributed by atoms with van der Waals surface area (Å²) >= 11 is 0. The van der Waals surface area contributed by atoms with E-state index in [1.165, 1.54) is 12.8 Å². The third-order valence-corrected chi connectivity index (χ3v) is 4.38. The molecule has 104 valence electrons. The fraction of sp³-hybridized carbons (Fsp3) is 0.929. The molecule has 1 amide bonds. The van der Waals surface area contributed by atoms with Crippen LogP contribution in [0.4, 0.5) is 0 Å². The normalized spacial score (nSPS) is 30.6. The largest absolute Gasteiger partial charge is 0.392 e. The van der Waals surface area contributed by atoms with Crippen molar-refractivity contribution < 1.29 is 9.90 Å². The molecule has 2 rings (SSSR count). The van der Waals surface area contributed by atoms with Crippen molar-refractivity contribution in [1.82, 2.24) is 10.2 Å². The number of hydrogen-bond donors (Lipinski definition) is 2. The van der Waals surface area contributed by atoms with E-state index >= 15 is 0 Å². The fourth-order valence-electron chi connectivity index (χ4n) is 2.95. The summed E-state index contributed by atoms with van der Waals surface area (Å²) in [4.78, 5) is 14.0. The number of rotatable bonds is 4. The maximum atomic E-state index is 11.8. The molecule has 0 aromatic carbocycles. The summed E-state index contributed by atoms with van der Waals surface area (Å²) in [7, 11) is 0. The molecule has 4 nitrogen and oxygen atoms in total. The van der Waals surface area contributed by atoms with E-state index in [4.69, 9.17) is 0 Å². The summed E-state index contributed by atoms with van der Waals surface area (Å²) in [5.41, 5.74) is 0. The first-order valence-electron chi connectivity index (χ1n) is 7.35. The van der Waals surface area contributed by atoms with Crippen molar-refractivity contribution in [2.24, 2.45) is 5.92 Å². The molecule has 0 aromatic heterocycles. The number of likely N-dealkylation sites (tertiary alicyclic amines) is 1. The van der Waals surface area contributed by atoms with Crippen LogP contribution in [0.2, 0.25) is 0 Å². The van der Waals surface area contributed by atoms with Gasteiger partial charge in [0.1, 0.15) is 0 Å². The van der Waals surface area contributed by atoms with Gasteiger partial charge in [0.15, 0.2) is 0 Å². The van der Waals surface area contributed by atoms with Crippen molar-refractivity contribution in [3.05, 3.63) is 0 Å². The quantitative estimate of drug-likeness (QED) is 0.791. The number of aliphatic hydroxyl groups is 1. The van der Waals surface area contributed by atoms with Gasteiger partial charge in [-0.15, -0.1) is 0 Å². The lowest BCUT2D eigenvalue weighted by molar-refractivity contribution is -0.122. The molecule has 2 unspecified atom stereocenters. The van der Waals surface area contributed by atoms with Gasteiger partial charge < -0.3 is 15.3 Å². The average Bonchev–Trinajstić information content (AvgIpc) is 2.83. The standard InChI is InChI=1S/C14H26N2O2/c1-11-6-8-16(10-13(11)17)9-7-14(18)15-12-4-2-3-5-12/h11-13,17H,2-10H2,1H3,(H,15,18). The van der Waals surface area contributed by atoms with Crippen LogP contribution < -0.4 is 5.32 Å². The first-order valence-corrected chi connectivity index (χ1v) is 7.35. The predicted molar refractivity (Wildman–Crippen MR) is 71.2 cm³/mol.